The van der Waals surface area contributed by atoms with E-state index >= 15 is 0 Å². The third-order valence-corrected chi connectivity index (χ3v) is 2.18. The summed E-state index contributed by atoms with van der Waals surface area (Å²) in [5.74, 6) is -0.133. The van der Waals surface area contributed by atoms with E-state index in [2.05, 4.69) is 6.92 Å². The number of hydrogen-bond donors (Lipinski definition) is 1. The molecular formula is C11H15BO3. The maximum Gasteiger partial charge on any atom is 0.335 e. The van der Waals surface area contributed by atoms with E-state index in [1.54, 1.807) is 18.2 Å². The highest BCUT2D eigenvalue weighted by Gasteiger charge is 2.05. The van der Waals surface area contributed by atoms with E-state index in [1.807, 2.05) is 7.85 Å². The molecule has 0 heterocycles. The van der Waals surface area contributed by atoms with Crippen molar-refractivity contribution in [2.45, 2.75) is 19.8 Å². The molecule has 0 saturated heterocycles. The molecule has 1 rings (SSSR count). The lowest BCUT2D eigenvalue weighted by Crippen LogP contribution is -2.12. The lowest BCUT2D eigenvalue weighted by Gasteiger charge is -2.09. The molecule has 0 aromatic heterocycles. The van der Waals surface area contributed by atoms with Gasteiger partial charge in [-0.15, -0.1) is 0 Å². The van der Waals surface area contributed by atoms with Gasteiger partial charge in [0.25, 0.3) is 0 Å². The van der Waals surface area contributed by atoms with Crippen molar-refractivity contribution in [2.24, 2.45) is 0 Å². The van der Waals surface area contributed by atoms with E-state index < -0.39 is 5.97 Å². The van der Waals surface area contributed by atoms with Crippen LogP contribution in [0.2, 0.25) is 0 Å². The van der Waals surface area contributed by atoms with Crippen LogP contribution in [0.1, 0.15) is 30.1 Å². The van der Waals surface area contributed by atoms with Crippen LogP contribution < -0.4 is 10.2 Å². The SMILES string of the molecule is Bc1cc(C(=O)O)ccc1OCCCC. The zero-order valence-corrected chi connectivity index (χ0v) is 9.12. The van der Waals surface area contributed by atoms with Crippen molar-refractivity contribution in [3.8, 4) is 5.75 Å². The van der Waals surface area contributed by atoms with Gasteiger partial charge in [0.15, 0.2) is 0 Å². The molecule has 1 N–H and O–H groups in total. The van der Waals surface area contributed by atoms with Crippen molar-refractivity contribution < 1.29 is 14.6 Å². The molecule has 0 saturated carbocycles. The third-order valence-electron chi connectivity index (χ3n) is 2.18. The summed E-state index contributed by atoms with van der Waals surface area (Å²) < 4.78 is 5.52. The first kappa shape index (κ1) is 11.6. The molecule has 0 spiro atoms. The number of carboxylic acids is 1. The zero-order chi connectivity index (χ0) is 11.3. The highest BCUT2D eigenvalue weighted by atomic mass is 16.5. The monoisotopic (exact) mass is 206 g/mol. The molecule has 1 aromatic rings. The first-order chi connectivity index (χ1) is 7.15. The Labute approximate surface area is 90.5 Å². The first-order valence-corrected chi connectivity index (χ1v) is 5.12. The average Bonchev–Trinajstić information content (AvgIpc) is 2.20. The molecule has 0 aliphatic carbocycles. The number of unbranched alkanes of at least 4 members (excludes halogenated alkanes) is 1. The molecule has 0 bridgehead atoms. The summed E-state index contributed by atoms with van der Waals surface area (Å²) in [5.41, 5.74) is 1.17. The molecule has 0 unspecified atom stereocenters. The summed E-state index contributed by atoms with van der Waals surface area (Å²) in [4.78, 5) is 10.7. The van der Waals surface area contributed by atoms with Gasteiger partial charge < -0.3 is 9.84 Å². The largest absolute Gasteiger partial charge is 0.494 e. The van der Waals surface area contributed by atoms with Crippen LogP contribution in [-0.2, 0) is 0 Å². The molecule has 0 fully saturated rings. The normalized spacial score (nSPS) is 9.93. The van der Waals surface area contributed by atoms with Crippen LogP contribution in [-0.4, -0.2) is 25.5 Å². The Kier molecular flexibility index (Phi) is 4.22. The van der Waals surface area contributed by atoms with Gasteiger partial charge in [0, 0.05) is 0 Å². The number of carboxylic acid groups (broad SMARTS) is 1. The minimum Gasteiger partial charge on any atom is -0.494 e. The Bertz CT molecular complexity index is 350. The summed E-state index contributed by atoms with van der Waals surface area (Å²) in [6, 6.07) is 4.91. The Morgan fingerprint density at radius 3 is 2.80 bits per heavy atom. The van der Waals surface area contributed by atoms with E-state index in [4.69, 9.17) is 9.84 Å². The van der Waals surface area contributed by atoms with E-state index in [0.29, 0.717) is 12.2 Å². The average molecular weight is 206 g/mol. The zero-order valence-electron chi connectivity index (χ0n) is 9.12. The van der Waals surface area contributed by atoms with Crippen molar-refractivity contribution in [3.63, 3.8) is 0 Å². The fourth-order valence-corrected chi connectivity index (χ4v) is 1.27. The number of carbonyl (C=O) groups is 1. The summed E-state index contributed by atoms with van der Waals surface area (Å²) >= 11 is 0. The Hall–Kier alpha value is -1.45. The van der Waals surface area contributed by atoms with Crippen molar-refractivity contribution in [2.75, 3.05) is 6.61 Å². The van der Waals surface area contributed by atoms with E-state index in [9.17, 15) is 4.79 Å². The predicted octanol–water partition coefficient (Wildman–Crippen LogP) is 0.822. The van der Waals surface area contributed by atoms with Crippen LogP contribution >= 0.6 is 0 Å². The van der Waals surface area contributed by atoms with Gasteiger partial charge in [-0.1, -0.05) is 19.4 Å². The molecule has 3 nitrogen and oxygen atoms in total. The van der Waals surface area contributed by atoms with Gasteiger partial charge in [-0.3, -0.25) is 0 Å². The van der Waals surface area contributed by atoms with Crippen LogP contribution in [0, 0.1) is 0 Å². The second-order valence-corrected chi connectivity index (χ2v) is 3.49. The Morgan fingerprint density at radius 2 is 2.27 bits per heavy atom. The molecule has 0 aliphatic heterocycles. The quantitative estimate of drug-likeness (QED) is 0.573. The minimum atomic E-state index is -0.904. The fourth-order valence-electron chi connectivity index (χ4n) is 1.27. The lowest BCUT2D eigenvalue weighted by atomic mass is 9.93. The highest BCUT2D eigenvalue weighted by molar-refractivity contribution is 6.34. The van der Waals surface area contributed by atoms with E-state index in [-0.39, 0.29) is 0 Å². The predicted molar refractivity (Wildman–Crippen MR) is 62.0 cm³/mol. The van der Waals surface area contributed by atoms with Crippen molar-refractivity contribution in [1.29, 1.82) is 0 Å². The van der Waals surface area contributed by atoms with Gasteiger partial charge in [-0.2, -0.15) is 0 Å². The maximum absolute atomic E-state index is 10.7. The Balaban J connectivity index is 2.70. The molecule has 0 aliphatic rings. The van der Waals surface area contributed by atoms with Gasteiger partial charge in [0.05, 0.1) is 12.2 Å². The summed E-state index contributed by atoms with van der Waals surface area (Å²) in [5, 5.41) is 8.77. The maximum atomic E-state index is 10.7. The van der Waals surface area contributed by atoms with Gasteiger partial charge in [-0.25, -0.2) is 4.79 Å². The van der Waals surface area contributed by atoms with Crippen molar-refractivity contribution in [3.05, 3.63) is 23.8 Å². The van der Waals surface area contributed by atoms with Crippen LogP contribution in [0.5, 0.6) is 5.75 Å². The minimum absolute atomic E-state index is 0.301. The smallest absolute Gasteiger partial charge is 0.335 e. The molecule has 80 valence electrons. The third kappa shape index (κ3) is 3.31. The van der Waals surface area contributed by atoms with E-state index in [1.165, 1.54) is 0 Å². The Morgan fingerprint density at radius 1 is 1.53 bits per heavy atom. The van der Waals surface area contributed by atoms with Crippen LogP contribution in [0.4, 0.5) is 0 Å². The van der Waals surface area contributed by atoms with Gasteiger partial charge in [0.2, 0.25) is 0 Å². The molecule has 15 heavy (non-hydrogen) atoms. The van der Waals surface area contributed by atoms with Crippen LogP contribution in [0.15, 0.2) is 18.2 Å². The van der Waals surface area contributed by atoms with Crippen molar-refractivity contribution in [1.82, 2.24) is 0 Å². The lowest BCUT2D eigenvalue weighted by molar-refractivity contribution is 0.0697. The van der Waals surface area contributed by atoms with Gasteiger partial charge >= 0.3 is 5.97 Å². The first-order valence-electron chi connectivity index (χ1n) is 5.12. The highest BCUT2D eigenvalue weighted by Crippen LogP contribution is 2.09. The number of rotatable bonds is 5. The fraction of sp³-hybridized carbons (Fsp3) is 0.364. The van der Waals surface area contributed by atoms with Crippen LogP contribution in [0.25, 0.3) is 0 Å². The molecule has 0 radical (unpaired) electrons. The molecule has 0 atom stereocenters. The second-order valence-electron chi connectivity index (χ2n) is 3.49. The summed E-state index contributed by atoms with van der Waals surface area (Å²) in [6.45, 7) is 2.79. The van der Waals surface area contributed by atoms with Crippen molar-refractivity contribution >= 4 is 19.3 Å². The van der Waals surface area contributed by atoms with Gasteiger partial charge in [-0.05, 0) is 24.0 Å². The molecular weight excluding hydrogens is 191 g/mol. The topological polar surface area (TPSA) is 46.5 Å². The molecule has 1 aromatic carbocycles. The summed E-state index contributed by atoms with van der Waals surface area (Å²) in [6.07, 6.45) is 2.10. The molecule has 4 heteroatoms. The van der Waals surface area contributed by atoms with Crippen LogP contribution in [0.3, 0.4) is 0 Å². The molecule has 0 amide bonds. The number of ether oxygens (including phenoxy) is 1. The van der Waals surface area contributed by atoms with Gasteiger partial charge in [0.1, 0.15) is 13.6 Å². The number of hydrogen-bond acceptors (Lipinski definition) is 2. The van der Waals surface area contributed by atoms with E-state index in [0.717, 1.165) is 24.1 Å². The number of benzene rings is 1. The number of aromatic carboxylic acids is 1. The summed E-state index contributed by atoms with van der Waals surface area (Å²) in [7, 11) is 1.85. The standard InChI is InChI=1S/C11H15BO3/c1-2-3-6-15-10-5-4-8(11(13)14)7-9(10)12/h4-5,7H,2-3,6,12H2,1H3,(H,13,14). The second kappa shape index (κ2) is 5.44.